The van der Waals surface area contributed by atoms with Crippen LogP contribution in [0.15, 0.2) is 17.5 Å². The Hall–Kier alpha value is -0.670. The summed E-state index contributed by atoms with van der Waals surface area (Å²) in [4.78, 5) is 0. The first-order valence-corrected chi connectivity index (χ1v) is 5.05. The summed E-state index contributed by atoms with van der Waals surface area (Å²) in [7, 11) is 0. The van der Waals surface area contributed by atoms with Crippen LogP contribution < -0.4 is 0 Å². The maximum Gasteiger partial charge on any atom is 0.141 e. The van der Waals surface area contributed by atoms with E-state index in [0.717, 1.165) is 6.07 Å². The minimum Gasteiger partial charge on any atom is -0.206 e. The molecule has 0 nitrogen and oxygen atoms in total. The van der Waals surface area contributed by atoms with Crippen molar-refractivity contribution < 1.29 is 8.78 Å². The lowest BCUT2D eigenvalue weighted by Crippen LogP contribution is -1.89. The van der Waals surface area contributed by atoms with Crippen LogP contribution in [-0.4, -0.2) is 0 Å². The van der Waals surface area contributed by atoms with Crippen molar-refractivity contribution in [1.29, 1.82) is 0 Å². The van der Waals surface area contributed by atoms with E-state index in [1.54, 1.807) is 11.4 Å². The number of thiophene rings is 1. The molecule has 0 radical (unpaired) electrons. The van der Waals surface area contributed by atoms with E-state index in [1.807, 2.05) is 0 Å². The molecule has 0 amide bonds. The van der Waals surface area contributed by atoms with E-state index in [4.69, 9.17) is 11.6 Å². The smallest absolute Gasteiger partial charge is 0.141 e. The second kappa shape index (κ2) is 3.24. The second-order valence-corrected chi connectivity index (χ2v) is 3.81. The van der Waals surface area contributed by atoms with E-state index >= 15 is 0 Å². The molecule has 0 aliphatic heterocycles. The molecule has 1 aromatic heterocycles. The van der Waals surface area contributed by atoms with Crippen LogP contribution in [0.2, 0.25) is 0 Å². The topological polar surface area (TPSA) is 0 Å². The number of rotatable bonds is 1. The maximum atomic E-state index is 13.4. The van der Waals surface area contributed by atoms with Gasteiger partial charge in [0.2, 0.25) is 0 Å². The van der Waals surface area contributed by atoms with Gasteiger partial charge in [-0.3, -0.25) is 0 Å². The zero-order chi connectivity index (χ0) is 9.42. The molecule has 13 heavy (non-hydrogen) atoms. The number of fused-ring (bicyclic) bond motifs is 1. The van der Waals surface area contributed by atoms with Crippen molar-refractivity contribution in [3.05, 3.63) is 34.7 Å². The Labute approximate surface area is 82.8 Å². The molecule has 0 aliphatic carbocycles. The Morgan fingerprint density at radius 1 is 1.38 bits per heavy atom. The average Bonchev–Trinajstić information content (AvgIpc) is 2.60. The minimum absolute atomic E-state index is 0.00542. The minimum atomic E-state index is -0.410. The molecule has 0 N–H and O–H groups in total. The normalized spacial score (nSPS) is 11.0. The fourth-order valence-electron chi connectivity index (χ4n) is 1.22. The van der Waals surface area contributed by atoms with E-state index < -0.39 is 11.6 Å². The Morgan fingerprint density at radius 2 is 2.15 bits per heavy atom. The number of hydrogen-bond acceptors (Lipinski definition) is 1. The molecule has 1 aromatic carbocycles. The summed E-state index contributed by atoms with van der Waals surface area (Å²) in [6.07, 6.45) is 0. The monoisotopic (exact) mass is 218 g/mol. The largest absolute Gasteiger partial charge is 0.206 e. The van der Waals surface area contributed by atoms with Gasteiger partial charge in [0, 0.05) is 10.9 Å². The molecule has 2 aromatic rings. The first-order valence-electron chi connectivity index (χ1n) is 3.64. The van der Waals surface area contributed by atoms with E-state index in [2.05, 4.69) is 0 Å². The third-order valence-corrected chi connectivity index (χ3v) is 3.06. The zero-order valence-corrected chi connectivity index (χ0v) is 8.05. The van der Waals surface area contributed by atoms with Crippen LogP contribution >= 0.6 is 22.9 Å². The molecule has 0 saturated carbocycles. The molecule has 68 valence electrons. The lowest BCUT2D eigenvalue weighted by molar-refractivity contribution is 0.610. The highest BCUT2D eigenvalue weighted by molar-refractivity contribution is 7.17. The summed E-state index contributed by atoms with van der Waals surface area (Å²) in [5, 5.41) is 1.98. The molecule has 0 saturated heterocycles. The highest BCUT2D eigenvalue weighted by Gasteiger charge is 2.11. The average molecular weight is 219 g/mol. The molecule has 0 aliphatic rings. The first-order chi connectivity index (χ1) is 6.24. The van der Waals surface area contributed by atoms with E-state index in [0.29, 0.717) is 10.1 Å². The van der Waals surface area contributed by atoms with Gasteiger partial charge in [-0.25, -0.2) is 8.78 Å². The fraction of sp³-hybridized carbons (Fsp3) is 0.111. The Morgan fingerprint density at radius 3 is 2.85 bits per heavy atom. The summed E-state index contributed by atoms with van der Waals surface area (Å²) in [6.45, 7) is 0. The van der Waals surface area contributed by atoms with Crippen molar-refractivity contribution in [1.82, 2.24) is 0 Å². The van der Waals surface area contributed by atoms with Crippen LogP contribution in [0.3, 0.4) is 0 Å². The number of alkyl halides is 1. The lowest BCUT2D eigenvalue weighted by atomic mass is 10.1. The standard InChI is InChI=1S/C9H5ClF2S/c10-4-5-3-7(11)9-6(8(5)12)1-2-13-9/h1-3H,4H2. The van der Waals surface area contributed by atoms with Crippen LogP contribution in [0.1, 0.15) is 5.56 Å². The van der Waals surface area contributed by atoms with Gasteiger partial charge in [-0.05, 0) is 17.5 Å². The summed E-state index contributed by atoms with van der Waals surface area (Å²) in [6, 6.07) is 2.72. The Bertz CT molecular complexity index is 450. The highest BCUT2D eigenvalue weighted by atomic mass is 35.5. The predicted molar refractivity (Wildman–Crippen MR) is 51.3 cm³/mol. The van der Waals surface area contributed by atoms with Crippen molar-refractivity contribution in [2.24, 2.45) is 0 Å². The van der Waals surface area contributed by atoms with Gasteiger partial charge >= 0.3 is 0 Å². The van der Waals surface area contributed by atoms with Crippen molar-refractivity contribution in [3.8, 4) is 0 Å². The molecule has 0 spiro atoms. The van der Waals surface area contributed by atoms with Crippen molar-refractivity contribution in [2.45, 2.75) is 5.88 Å². The van der Waals surface area contributed by atoms with Crippen LogP contribution in [0, 0.1) is 11.6 Å². The van der Waals surface area contributed by atoms with Gasteiger partial charge in [-0.2, -0.15) is 0 Å². The molecule has 4 heteroatoms. The molecule has 2 rings (SSSR count). The van der Waals surface area contributed by atoms with Gasteiger partial charge in [0.15, 0.2) is 0 Å². The van der Waals surface area contributed by atoms with Crippen LogP contribution in [0.25, 0.3) is 10.1 Å². The zero-order valence-electron chi connectivity index (χ0n) is 6.48. The van der Waals surface area contributed by atoms with Crippen LogP contribution in [0.4, 0.5) is 8.78 Å². The van der Waals surface area contributed by atoms with Crippen molar-refractivity contribution >= 4 is 33.0 Å². The number of hydrogen-bond donors (Lipinski definition) is 0. The van der Waals surface area contributed by atoms with Gasteiger partial charge in [0.1, 0.15) is 11.6 Å². The quantitative estimate of drug-likeness (QED) is 0.637. The van der Waals surface area contributed by atoms with Gasteiger partial charge in [0.25, 0.3) is 0 Å². The summed E-state index contributed by atoms with van der Waals surface area (Å²) >= 11 is 6.66. The molecular weight excluding hydrogens is 214 g/mol. The van der Waals surface area contributed by atoms with E-state index in [9.17, 15) is 8.78 Å². The predicted octanol–water partition coefficient (Wildman–Crippen LogP) is 3.92. The molecule has 0 bridgehead atoms. The number of benzene rings is 1. The Kier molecular flexibility index (Phi) is 2.22. The molecular formula is C9H5ClF2S. The molecule has 1 heterocycles. The van der Waals surface area contributed by atoms with Crippen LogP contribution in [-0.2, 0) is 5.88 Å². The summed E-state index contributed by atoms with van der Waals surface area (Å²) in [5.74, 6) is -0.816. The SMILES string of the molecule is Fc1c(CCl)cc(F)c2sccc12. The van der Waals surface area contributed by atoms with Crippen molar-refractivity contribution in [3.63, 3.8) is 0 Å². The van der Waals surface area contributed by atoms with Gasteiger partial charge in [-0.1, -0.05) is 0 Å². The van der Waals surface area contributed by atoms with Crippen LogP contribution in [0.5, 0.6) is 0 Å². The van der Waals surface area contributed by atoms with E-state index in [-0.39, 0.29) is 11.4 Å². The lowest BCUT2D eigenvalue weighted by Gasteiger charge is -2.00. The molecule has 0 unspecified atom stereocenters. The molecule has 0 fully saturated rings. The van der Waals surface area contributed by atoms with E-state index in [1.165, 1.54) is 11.3 Å². The molecule has 0 atom stereocenters. The third-order valence-electron chi connectivity index (χ3n) is 1.85. The van der Waals surface area contributed by atoms with Gasteiger partial charge < -0.3 is 0 Å². The van der Waals surface area contributed by atoms with Crippen molar-refractivity contribution in [2.75, 3.05) is 0 Å². The first kappa shape index (κ1) is 8.91. The Balaban J connectivity index is 2.85. The third kappa shape index (κ3) is 1.32. The van der Waals surface area contributed by atoms with Gasteiger partial charge in [0.05, 0.1) is 10.6 Å². The second-order valence-electron chi connectivity index (χ2n) is 2.63. The number of halogens is 3. The summed E-state index contributed by atoms with van der Waals surface area (Å²) in [5.41, 5.74) is 0.213. The van der Waals surface area contributed by atoms with Gasteiger partial charge in [-0.15, -0.1) is 22.9 Å². The fourth-order valence-corrected chi connectivity index (χ4v) is 2.21. The maximum absolute atomic E-state index is 13.4. The highest BCUT2D eigenvalue weighted by Crippen LogP contribution is 2.29. The summed E-state index contributed by atoms with van der Waals surface area (Å²) < 4.78 is 27.0.